The summed E-state index contributed by atoms with van der Waals surface area (Å²) >= 11 is 9.88. The lowest BCUT2D eigenvalue weighted by Gasteiger charge is -1.93. The molecule has 0 atom stereocenters. The van der Waals surface area contributed by atoms with E-state index in [4.69, 9.17) is 24.4 Å². The van der Waals surface area contributed by atoms with Gasteiger partial charge in [0.2, 0.25) is 0 Å². The molecule has 0 radical (unpaired) electrons. The fourth-order valence-electron chi connectivity index (χ4n) is 0.660. The van der Waals surface area contributed by atoms with Crippen molar-refractivity contribution in [3.63, 3.8) is 0 Å². The van der Waals surface area contributed by atoms with Gasteiger partial charge >= 0.3 is 0 Å². The van der Waals surface area contributed by atoms with Gasteiger partial charge in [0.1, 0.15) is 4.64 Å². The first-order valence-corrected chi connectivity index (χ1v) is 3.84. The predicted molar refractivity (Wildman–Crippen MR) is 48.5 cm³/mol. The topological polar surface area (TPSA) is 44.5 Å². The zero-order valence-electron chi connectivity index (χ0n) is 5.76. The molecular formula is C6H7N3S2. The first-order chi connectivity index (χ1) is 5.25. The highest BCUT2D eigenvalue weighted by Crippen LogP contribution is 1.98. The highest BCUT2D eigenvalue weighted by atomic mass is 32.1. The molecule has 11 heavy (non-hydrogen) atoms. The van der Waals surface area contributed by atoms with Crippen molar-refractivity contribution in [2.75, 3.05) is 0 Å². The number of hydrogen-bond acceptors (Lipinski definition) is 3. The fraction of sp³-hybridized carbons (Fsp3) is 0.167. The molecule has 2 N–H and O–H groups in total. The molecule has 0 unspecified atom stereocenters. The first-order valence-electron chi connectivity index (χ1n) is 3.03. The van der Waals surface area contributed by atoms with Crippen LogP contribution in [0, 0.1) is 9.15 Å². The number of nitrogens with zero attached hydrogens (tertiary/aromatic N) is 1. The molecule has 0 aliphatic carbocycles. The van der Waals surface area contributed by atoms with Crippen molar-refractivity contribution in [1.29, 1.82) is 0 Å². The van der Waals surface area contributed by atoms with Crippen molar-refractivity contribution in [2.24, 2.45) is 0 Å². The van der Waals surface area contributed by atoms with Gasteiger partial charge in [-0.25, -0.2) is 5.21 Å². The van der Waals surface area contributed by atoms with Crippen LogP contribution >= 0.6 is 24.4 Å². The molecule has 0 saturated heterocycles. The number of H-pyrrole nitrogens is 2. The molecule has 58 valence electrons. The minimum atomic E-state index is 0.520. The molecule has 0 spiro atoms. The Morgan fingerprint density at radius 2 is 2.27 bits per heavy atom. The summed E-state index contributed by atoms with van der Waals surface area (Å²) in [5, 5.41) is 9.11. The van der Waals surface area contributed by atoms with Crippen LogP contribution in [-0.2, 0) is 6.42 Å². The lowest BCUT2D eigenvalue weighted by Crippen LogP contribution is -1.95. The Kier molecular flexibility index (Phi) is 2.67. The third-order valence-electron chi connectivity index (χ3n) is 1.17. The summed E-state index contributed by atoms with van der Waals surface area (Å²) < 4.78 is 1.12. The molecule has 0 aromatic carbocycles. The van der Waals surface area contributed by atoms with Gasteiger partial charge in [0.15, 0.2) is 0 Å². The minimum absolute atomic E-state index is 0.520. The van der Waals surface area contributed by atoms with E-state index in [0.29, 0.717) is 15.6 Å². The highest BCUT2D eigenvalue weighted by molar-refractivity contribution is 7.73. The maximum absolute atomic E-state index is 4.99. The minimum Gasteiger partial charge on any atom is -0.273 e. The van der Waals surface area contributed by atoms with E-state index < -0.39 is 0 Å². The zero-order valence-corrected chi connectivity index (χ0v) is 7.39. The lowest BCUT2D eigenvalue weighted by atomic mass is 10.3. The van der Waals surface area contributed by atoms with Crippen LogP contribution in [0.5, 0.6) is 0 Å². The zero-order chi connectivity index (χ0) is 8.27. The second-order valence-corrected chi connectivity index (χ2v) is 2.76. The van der Waals surface area contributed by atoms with Crippen molar-refractivity contribution < 1.29 is 0 Å². The molecular weight excluding hydrogens is 178 g/mol. The number of hydrogen-bond donors (Lipinski definition) is 2. The van der Waals surface area contributed by atoms with Crippen LogP contribution in [-0.4, -0.2) is 15.4 Å². The summed E-state index contributed by atoms with van der Waals surface area (Å²) in [4.78, 5) is 0. The SMILES string of the molecule is C=CCc1n[nH][nH]c(=S)c1=S. The van der Waals surface area contributed by atoms with Crippen LogP contribution in [0.4, 0.5) is 0 Å². The molecule has 1 aromatic heterocycles. The van der Waals surface area contributed by atoms with Crippen LogP contribution in [0.15, 0.2) is 12.7 Å². The van der Waals surface area contributed by atoms with Crippen LogP contribution in [0.1, 0.15) is 5.69 Å². The summed E-state index contributed by atoms with van der Waals surface area (Å²) in [5.41, 5.74) is 0.763. The monoisotopic (exact) mass is 185 g/mol. The van der Waals surface area contributed by atoms with E-state index in [1.165, 1.54) is 0 Å². The standard InChI is InChI=1S/C6H7N3S2/c1-2-3-4-5(10)6(11)8-9-7-4/h2H,1,3H2,(H,9,10)(H,7,8,11). The van der Waals surface area contributed by atoms with Gasteiger partial charge < -0.3 is 0 Å². The number of aromatic amines is 2. The maximum atomic E-state index is 4.99. The molecule has 1 heterocycles. The van der Waals surface area contributed by atoms with Gasteiger partial charge in [0.25, 0.3) is 0 Å². The highest BCUT2D eigenvalue weighted by Gasteiger charge is 1.94. The van der Waals surface area contributed by atoms with E-state index in [9.17, 15) is 0 Å². The molecule has 0 aliphatic rings. The molecule has 1 rings (SSSR count). The van der Waals surface area contributed by atoms with E-state index >= 15 is 0 Å². The summed E-state index contributed by atoms with van der Waals surface area (Å²) in [7, 11) is 0. The third kappa shape index (κ3) is 1.81. The van der Waals surface area contributed by atoms with E-state index in [1.807, 2.05) is 0 Å². The van der Waals surface area contributed by atoms with Crippen molar-refractivity contribution in [3.8, 4) is 0 Å². The average molecular weight is 185 g/mol. The Hall–Kier alpha value is -0.810. The molecule has 0 fully saturated rings. The quantitative estimate of drug-likeness (QED) is 0.546. The number of rotatable bonds is 2. The van der Waals surface area contributed by atoms with Gasteiger partial charge in [-0.2, -0.15) is 5.10 Å². The predicted octanol–water partition coefficient (Wildman–Crippen LogP) is 1.93. The molecule has 0 saturated carbocycles. The maximum Gasteiger partial charge on any atom is 0.139 e. The lowest BCUT2D eigenvalue weighted by molar-refractivity contribution is 0.812. The van der Waals surface area contributed by atoms with Crippen molar-refractivity contribution >= 4 is 24.4 Å². The Balaban J connectivity index is 3.28. The summed E-state index contributed by atoms with van der Waals surface area (Å²) in [5.74, 6) is 0. The number of nitrogens with one attached hydrogen (secondary N) is 2. The summed E-state index contributed by atoms with van der Waals surface area (Å²) in [6.07, 6.45) is 2.38. The molecule has 0 amide bonds. The Morgan fingerprint density at radius 3 is 2.91 bits per heavy atom. The van der Waals surface area contributed by atoms with E-state index in [-0.39, 0.29) is 0 Å². The molecule has 5 heteroatoms. The van der Waals surface area contributed by atoms with Crippen LogP contribution < -0.4 is 0 Å². The molecule has 1 aromatic rings. The summed E-state index contributed by atoms with van der Waals surface area (Å²) in [6, 6.07) is 0. The van der Waals surface area contributed by atoms with Gasteiger partial charge in [-0.3, -0.25) is 5.10 Å². The largest absolute Gasteiger partial charge is 0.273 e. The normalized spacial score (nSPS) is 9.45. The molecule has 0 bridgehead atoms. The van der Waals surface area contributed by atoms with Gasteiger partial charge in [-0.05, 0) is 0 Å². The smallest absolute Gasteiger partial charge is 0.139 e. The number of aromatic nitrogens is 3. The number of allylic oxidation sites excluding steroid dienone is 1. The Morgan fingerprint density at radius 1 is 1.55 bits per heavy atom. The molecule has 3 nitrogen and oxygen atoms in total. The second-order valence-electron chi connectivity index (χ2n) is 1.95. The van der Waals surface area contributed by atoms with Crippen molar-refractivity contribution in [2.45, 2.75) is 6.42 Å². The van der Waals surface area contributed by atoms with Gasteiger partial charge in [0, 0.05) is 6.42 Å². The second kappa shape index (κ2) is 3.54. The van der Waals surface area contributed by atoms with Gasteiger partial charge in [-0.1, -0.05) is 30.5 Å². The van der Waals surface area contributed by atoms with Crippen molar-refractivity contribution in [1.82, 2.24) is 15.4 Å². The van der Waals surface area contributed by atoms with E-state index in [1.54, 1.807) is 6.08 Å². The van der Waals surface area contributed by atoms with Gasteiger partial charge in [0.05, 0.1) is 10.2 Å². The first kappa shape index (κ1) is 8.29. The van der Waals surface area contributed by atoms with Crippen molar-refractivity contribution in [3.05, 3.63) is 27.5 Å². The van der Waals surface area contributed by atoms with E-state index in [2.05, 4.69) is 22.0 Å². The fourth-order valence-corrected chi connectivity index (χ4v) is 1.00. The van der Waals surface area contributed by atoms with Crippen LogP contribution in [0.3, 0.4) is 0 Å². The van der Waals surface area contributed by atoms with Crippen LogP contribution in [0.25, 0.3) is 0 Å². The molecule has 0 aliphatic heterocycles. The van der Waals surface area contributed by atoms with Gasteiger partial charge in [-0.15, -0.1) is 6.58 Å². The third-order valence-corrected chi connectivity index (χ3v) is 2.04. The van der Waals surface area contributed by atoms with Crippen LogP contribution in [0.2, 0.25) is 0 Å². The Labute approximate surface area is 74.2 Å². The van der Waals surface area contributed by atoms with E-state index in [0.717, 1.165) is 5.69 Å². The Bertz CT molecular complexity index is 363. The summed E-state index contributed by atoms with van der Waals surface area (Å²) in [6.45, 7) is 3.58. The average Bonchev–Trinajstić information content (AvgIpc) is 1.99.